The first kappa shape index (κ1) is 11.9. The Hall–Kier alpha value is -0.200. The summed E-state index contributed by atoms with van der Waals surface area (Å²) in [6, 6.07) is 8.14. The lowest BCUT2D eigenvalue weighted by Gasteiger charge is -2.20. The van der Waals surface area contributed by atoms with E-state index in [0.29, 0.717) is 0 Å². The van der Waals surface area contributed by atoms with E-state index in [4.69, 9.17) is 23.2 Å². The summed E-state index contributed by atoms with van der Waals surface area (Å²) in [5, 5.41) is 0. The first-order chi connectivity index (χ1) is 6.21. The molecule has 0 saturated carbocycles. The number of benzene rings is 1. The third-order valence-electron chi connectivity index (χ3n) is 2.26. The van der Waals surface area contributed by atoms with Gasteiger partial charge in [0.15, 0.2) is 0 Å². The van der Waals surface area contributed by atoms with Crippen molar-refractivity contribution in [2.75, 3.05) is 0 Å². The van der Waals surface area contributed by atoms with E-state index in [9.17, 15) is 0 Å². The van der Waals surface area contributed by atoms with Crippen LogP contribution in [0.4, 0.5) is 0 Å². The van der Waals surface area contributed by atoms with Gasteiger partial charge in [-0.05, 0) is 38.8 Å². The third-order valence-corrected chi connectivity index (χ3v) is 2.69. The van der Waals surface area contributed by atoms with Crippen molar-refractivity contribution in [2.24, 2.45) is 0 Å². The van der Waals surface area contributed by atoms with E-state index < -0.39 is 0 Å². The minimum atomic E-state index is -0.311. The zero-order valence-corrected chi connectivity index (χ0v) is 10.6. The fourth-order valence-electron chi connectivity index (χ4n) is 1.26. The van der Waals surface area contributed by atoms with Gasteiger partial charge >= 0.3 is 0 Å². The molecular formula is C12H16Cl2. The molecule has 0 nitrogen and oxygen atoms in total. The predicted molar refractivity (Wildman–Crippen MR) is 64.2 cm³/mol. The monoisotopic (exact) mass is 230 g/mol. The molecule has 0 aliphatic carbocycles. The molecular weight excluding hydrogens is 215 g/mol. The molecule has 14 heavy (non-hydrogen) atoms. The van der Waals surface area contributed by atoms with E-state index in [1.54, 1.807) is 0 Å². The minimum absolute atomic E-state index is 0.311. The van der Waals surface area contributed by atoms with Crippen molar-refractivity contribution in [1.29, 1.82) is 0 Å². The van der Waals surface area contributed by atoms with Gasteiger partial charge in [-0.2, -0.15) is 0 Å². The molecule has 1 aromatic rings. The van der Waals surface area contributed by atoms with E-state index in [1.807, 2.05) is 52.0 Å². The van der Waals surface area contributed by atoms with Crippen molar-refractivity contribution in [2.45, 2.75) is 37.4 Å². The second kappa shape index (κ2) is 3.75. The van der Waals surface area contributed by atoms with Crippen molar-refractivity contribution in [3.8, 4) is 0 Å². The second-order valence-corrected chi connectivity index (χ2v) is 6.41. The smallest absolute Gasteiger partial charge is 0.0638 e. The van der Waals surface area contributed by atoms with Crippen LogP contribution in [0.3, 0.4) is 0 Å². The molecule has 0 aromatic heterocycles. The Morgan fingerprint density at radius 1 is 0.714 bits per heavy atom. The van der Waals surface area contributed by atoms with Gasteiger partial charge in [0, 0.05) is 0 Å². The number of hydrogen-bond acceptors (Lipinski definition) is 0. The number of halogens is 2. The van der Waals surface area contributed by atoms with Gasteiger partial charge in [-0.3, -0.25) is 0 Å². The van der Waals surface area contributed by atoms with Crippen LogP contribution in [0, 0.1) is 0 Å². The molecule has 0 heterocycles. The molecule has 1 rings (SSSR count). The van der Waals surface area contributed by atoms with Crippen molar-refractivity contribution in [3.63, 3.8) is 0 Å². The van der Waals surface area contributed by atoms with Crippen LogP contribution in [0.1, 0.15) is 38.8 Å². The maximum atomic E-state index is 6.19. The Morgan fingerprint density at radius 3 is 1.07 bits per heavy atom. The molecule has 0 amide bonds. The summed E-state index contributed by atoms with van der Waals surface area (Å²) in [5.41, 5.74) is 2.23. The Bertz CT molecular complexity index is 266. The van der Waals surface area contributed by atoms with Gasteiger partial charge in [0.25, 0.3) is 0 Å². The number of hydrogen-bond donors (Lipinski definition) is 0. The topological polar surface area (TPSA) is 0 Å². The molecule has 1 aromatic carbocycles. The van der Waals surface area contributed by atoms with Crippen LogP contribution >= 0.6 is 23.2 Å². The maximum absolute atomic E-state index is 6.19. The van der Waals surface area contributed by atoms with Crippen molar-refractivity contribution < 1.29 is 0 Å². The maximum Gasteiger partial charge on any atom is 0.0638 e. The molecule has 78 valence electrons. The summed E-state index contributed by atoms with van der Waals surface area (Å²) in [6.45, 7) is 7.93. The van der Waals surface area contributed by atoms with Crippen molar-refractivity contribution in [1.82, 2.24) is 0 Å². The first-order valence-corrected chi connectivity index (χ1v) is 5.46. The summed E-state index contributed by atoms with van der Waals surface area (Å²) < 4.78 is 0. The van der Waals surface area contributed by atoms with Crippen LogP contribution in [-0.4, -0.2) is 0 Å². The zero-order chi connectivity index (χ0) is 11.0. The minimum Gasteiger partial charge on any atom is -0.115 e. The van der Waals surface area contributed by atoms with E-state index in [-0.39, 0.29) is 9.75 Å². The van der Waals surface area contributed by atoms with Gasteiger partial charge in [0.05, 0.1) is 9.75 Å². The predicted octanol–water partition coefficient (Wildman–Crippen LogP) is 4.63. The quantitative estimate of drug-likeness (QED) is 0.650. The highest BCUT2D eigenvalue weighted by molar-refractivity contribution is 6.24. The summed E-state index contributed by atoms with van der Waals surface area (Å²) in [5.74, 6) is 0. The molecule has 0 atom stereocenters. The lowest BCUT2D eigenvalue weighted by molar-refractivity contribution is 0.747. The van der Waals surface area contributed by atoms with Gasteiger partial charge in [-0.1, -0.05) is 24.3 Å². The van der Waals surface area contributed by atoms with E-state index in [0.717, 1.165) is 11.1 Å². The Labute approximate surface area is 96.2 Å². The normalized spacial score (nSPS) is 13.0. The molecule has 0 aliphatic heterocycles. The van der Waals surface area contributed by atoms with Crippen LogP contribution in [0.5, 0.6) is 0 Å². The molecule has 0 bridgehead atoms. The fraction of sp³-hybridized carbons (Fsp3) is 0.500. The van der Waals surface area contributed by atoms with Gasteiger partial charge in [-0.15, -0.1) is 23.2 Å². The molecule has 0 N–H and O–H groups in total. The van der Waals surface area contributed by atoms with Crippen LogP contribution < -0.4 is 0 Å². The summed E-state index contributed by atoms with van der Waals surface area (Å²) in [4.78, 5) is -0.621. The highest BCUT2D eigenvalue weighted by atomic mass is 35.5. The zero-order valence-electron chi connectivity index (χ0n) is 9.07. The molecule has 0 fully saturated rings. The van der Waals surface area contributed by atoms with Gasteiger partial charge in [-0.25, -0.2) is 0 Å². The average Bonchev–Trinajstić information content (AvgIpc) is 2.01. The summed E-state index contributed by atoms with van der Waals surface area (Å²) in [6.07, 6.45) is 0. The van der Waals surface area contributed by atoms with Crippen LogP contribution in [0.2, 0.25) is 0 Å². The third kappa shape index (κ3) is 2.90. The van der Waals surface area contributed by atoms with Crippen LogP contribution in [0.15, 0.2) is 24.3 Å². The standard InChI is InChI=1S/C12H16Cl2/c1-11(2,13)9-5-7-10(8-6-9)12(3,4)14/h5-8H,1-4H3. The molecule has 2 heteroatoms. The van der Waals surface area contributed by atoms with Gasteiger partial charge in [0.2, 0.25) is 0 Å². The first-order valence-electron chi connectivity index (χ1n) is 4.70. The largest absolute Gasteiger partial charge is 0.115 e. The molecule has 0 spiro atoms. The lowest BCUT2D eigenvalue weighted by Crippen LogP contribution is -2.10. The number of alkyl halides is 2. The lowest BCUT2D eigenvalue weighted by atomic mass is 9.96. The average molecular weight is 231 g/mol. The van der Waals surface area contributed by atoms with E-state index in [2.05, 4.69) is 0 Å². The molecule has 0 saturated heterocycles. The highest BCUT2D eigenvalue weighted by Crippen LogP contribution is 2.31. The summed E-state index contributed by atoms with van der Waals surface area (Å²) >= 11 is 12.4. The van der Waals surface area contributed by atoms with Crippen LogP contribution in [0.25, 0.3) is 0 Å². The Kier molecular flexibility index (Phi) is 3.18. The van der Waals surface area contributed by atoms with Gasteiger partial charge < -0.3 is 0 Å². The SMILES string of the molecule is CC(C)(Cl)c1ccc(C(C)(C)Cl)cc1. The molecule has 0 radical (unpaired) electrons. The van der Waals surface area contributed by atoms with Crippen molar-refractivity contribution >= 4 is 23.2 Å². The van der Waals surface area contributed by atoms with Gasteiger partial charge in [0.1, 0.15) is 0 Å². The van der Waals surface area contributed by atoms with E-state index >= 15 is 0 Å². The highest BCUT2D eigenvalue weighted by Gasteiger charge is 2.19. The van der Waals surface area contributed by atoms with Crippen molar-refractivity contribution in [3.05, 3.63) is 35.4 Å². The number of rotatable bonds is 2. The van der Waals surface area contributed by atoms with E-state index in [1.165, 1.54) is 0 Å². The van der Waals surface area contributed by atoms with Crippen LogP contribution in [-0.2, 0) is 9.75 Å². The Balaban J connectivity index is 3.02. The summed E-state index contributed by atoms with van der Waals surface area (Å²) in [7, 11) is 0. The fourth-order valence-corrected chi connectivity index (χ4v) is 1.51. The molecule has 0 unspecified atom stereocenters. The second-order valence-electron chi connectivity index (χ2n) is 4.52. The Morgan fingerprint density at radius 2 is 0.929 bits per heavy atom. The molecule has 0 aliphatic rings.